The molecule has 0 radical (unpaired) electrons. The van der Waals surface area contributed by atoms with Crippen molar-refractivity contribution in [2.45, 2.75) is 50.3 Å². The van der Waals surface area contributed by atoms with Gasteiger partial charge in [0.25, 0.3) is 10.0 Å². The highest BCUT2D eigenvalue weighted by atomic mass is 32.2. The van der Waals surface area contributed by atoms with Crippen LogP contribution < -0.4 is 0 Å². The molecule has 0 bridgehead atoms. The van der Waals surface area contributed by atoms with Crippen LogP contribution in [0, 0.1) is 13.8 Å². The van der Waals surface area contributed by atoms with Crippen LogP contribution in [0.5, 0.6) is 0 Å². The van der Waals surface area contributed by atoms with E-state index in [1.54, 1.807) is 10.4 Å². The molecule has 0 atom stereocenters. The number of piperidine rings is 1. The molecule has 0 amide bonds. The van der Waals surface area contributed by atoms with E-state index in [0.29, 0.717) is 23.2 Å². The van der Waals surface area contributed by atoms with Crippen LogP contribution in [-0.4, -0.2) is 35.6 Å². The molecule has 0 aliphatic carbocycles. The first-order valence-corrected chi connectivity index (χ1v) is 10.3. The second kappa shape index (κ2) is 6.37. The van der Waals surface area contributed by atoms with Crippen molar-refractivity contribution in [2.75, 3.05) is 13.1 Å². The number of aromatic nitrogens is 2. The van der Waals surface area contributed by atoms with Crippen LogP contribution in [0.15, 0.2) is 22.5 Å². The van der Waals surface area contributed by atoms with Crippen LogP contribution in [0.3, 0.4) is 0 Å². The summed E-state index contributed by atoms with van der Waals surface area (Å²) in [6, 6.07) is 3.86. The Morgan fingerprint density at radius 2 is 2.00 bits per heavy atom. The minimum Gasteiger partial charge on any atom is -0.270 e. The van der Waals surface area contributed by atoms with Gasteiger partial charge in [0.05, 0.1) is 0 Å². The maximum absolute atomic E-state index is 12.8. The summed E-state index contributed by atoms with van der Waals surface area (Å²) in [5.41, 5.74) is 2.28. The highest BCUT2D eigenvalue weighted by molar-refractivity contribution is 7.91. The molecule has 7 heteroatoms. The quantitative estimate of drug-likeness (QED) is 0.848. The minimum atomic E-state index is -3.34. The predicted octanol–water partition coefficient (Wildman–Crippen LogP) is 3.15. The standard InChI is InChI=1S/C16H23N3O2S2/c1-4-19-15(5-8-17-19)14-6-9-18(10-7-14)23(20,21)16-11-12(2)13(3)22-16/h5,8,11,14H,4,6-7,9-10H2,1-3H3. The highest BCUT2D eigenvalue weighted by Gasteiger charge is 2.32. The van der Waals surface area contributed by atoms with Gasteiger partial charge in [0.15, 0.2) is 0 Å². The van der Waals surface area contributed by atoms with Gasteiger partial charge in [-0.25, -0.2) is 8.42 Å². The van der Waals surface area contributed by atoms with Gasteiger partial charge in [0, 0.05) is 42.3 Å². The minimum absolute atomic E-state index is 0.399. The van der Waals surface area contributed by atoms with Gasteiger partial charge < -0.3 is 0 Å². The third-order valence-electron chi connectivity index (χ3n) is 4.66. The summed E-state index contributed by atoms with van der Waals surface area (Å²) in [5, 5.41) is 4.32. The Morgan fingerprint density at radius 1 is 1.30 bits per heavy atom. The van der Waals surface area contributed by atoms with Crippen LogP contribution >= 0.6 is 11.3 Å². The van der Waals surface area contributed by atoms with E-state index in [-0.39, 0.29) is 0 Å². The zero-order chi connectivity index (χ0) is 16.6. The largest absolute Gasteiger partial charge is 0.270 e. The molecule has 0 aromatic carbocycles. The molecule has 3 rings (SSSR count). The number of aryl methyl sites for hydroxylation is 3. The maximum Gasteiger partial charge on any atom is 0.252 e. The van der Waals surface area contributed by atoms with Gasteiger partial charge in [-0.1, -0.05) is 0 Å². The third-order valence-corrected chi connectivity index (χ3v) is 8.16. The van der Waals surface area contributed by atoms with Crippen molar-refractivity contribution in [1.82, 2.24) is 14.1 Å². The van der Waals surface area contributed by atoms with Gasteiger partial charge in [-0.15, -0.1) is 11.3 Å². The predicted molar refractivity (Wildman–Crippen MR) is 92.4 cm³/mol. The number of nitrogens with zero attached hydrogens (tertiary/aromatic N) is 3. The summed E-state index contributed by atoms with van der Waals surface area (Å²) < 4.78 is 29.7. The van der Waals surface area contributed by atoms with Crippen molar-refractivity contribution in [3.05, 3.63) is 34.5 Å². The number of hydrogen-bond donors (Lipinski definition) is 0. The molecule has 1 saturated heterocycles. The first kappa shape index (κ1) is 16.7. The average Bonchev–Trinajstić information content (AvgIpc) is 3.15. The fourth-order valence-corrected chi connectivity index (χ4v) is 6.28. The number of sulfonamides is 1. The first-order chi connectivity index (χ1) is 10.9. The van der Waals surface area contributed by atoms with E-state index in [0.717, 1.165) is 29.8 Å². The van der Waals surface area contributed by atoms with E-state index in [1.165, 1.54) is 17.0 Å². The summed E-state index contributed by atoms with van der Waals surface area (Å²) in [6.07, 6.45) is 3.54. The fraction of sp³-hybridized carbons (Fsp3) is 0.562. The van der Waals surface area contributed by atoms with Gasteiger partial charge in [0.1, 0.15) is 4.21 Å². The molecule has 2 aromatic heterocycles. The Bertz CT molecular complexity index is 765. The van der Waals surface area contributed by atoms with Crippen molar-refractivity contribution in [3.8, 4) is 0 Å². The Morgan fingerprint density at radius 3 is 2.57 bits per heavy atom. The lowest BCUT2D eigenvalue weighted by atomic mass is 9.94. The normalized spacial score (nSPS) is 17.7. The van der Waals surface area contributed by atoms with E-state index in [9.17, 15) is 8.42 Å². The molecule has 5 nitrogen and oxygen atoms in total. The van der Waals surface area contributed by atoms with Gasteiger partial charge in [-0.2, -0.15) is 9.40 Å². The molecule has 2 aromatic rings. The maximum atomic E-state index is 12.8. The third kappa shape index (κ3) is 3.09. The molecular formula is C16H23N3O2S2. The lowest BCUT2D eigenvalue weighted by Gasteiger charge is -2.31. The summed E-state index contributed by atoms with van der Waals surface area (Å²) in [6.45, 7) is 8.03. The number of thiophene rings is 1. The van der Waals surface area contributed by atoms with Crippen LogP contribution in [0.4, 0.5) is 0 Å². The molecule has 0 unspecified atom stereocenters. The Kier molecular flexibility index (Phi) is 4.62. The summed E-state index contributed by atoms with van der Waals surface area (Å²) in [5.74, 6) is 0.399. The van der Waals surface area contributed by atoms with Gasteiger partial charge in [-0.05, 0) is 51.3 Å². The number of hydrogen-bond acceptors (Lipinski definition) is 4. The first-order valence-electron chi connectivity index (χ1n) is 8.02. The zero-order valence-corrected chi connectivity index (χ0v) is 15.5. The lowest BCUT2D eigenvalue weighted by molar-refractivity contribution is 0.311. The fourth-order valence-electron chi connectivity index (χ4n) is 3.14. The molecule has 1 fully saturated rings. The van der Waals surface area contributed by atoms with Gasteiger partial charge in [0.2, 0.25) is 0 Å². The second-order valence-corrected chi connectivity index (χ2v) is 9.48. The SMILES string of the molecule is CCn1nccc1C1CCN(S(=O)(=O)c2cc(C)c(C)s2)CC1. The zero-order valence-electron chi connectivity index (χ0n) is 13.8. The molecule has 3 heterocycles. The smallest absolute Gasteiger partial charge is 0.252 e. The average molecular weight is 354 g/mol. The number of rotatable bonds is 4. The molecule has 23 heavy (non-hydrogen) atoms. The van der Waals surface area contributed by atoms with Gasteiger partial charge in [-0.3, -0.25) is 4.68 Å². The molecule has 0 N–H and O–H groups in total. The molecular weight excluding hydrogens is 330 g/mol. The molecule has 1 aliphatic rings. The van der Waals surface area contributed by atoms with Crippen molar-refractivity contribution >= 4 is 21.4 Å². The highest BCUT2D eigenvalue weighted by Crippen LogP contribution is 2.33. The van der Waals surface area contributed by atoms with Crippen LogP contribution in [-0.2, 0) is 16.6 Å². The van der Waals surface area contributed by atoms with E-state index in [4.69, 9.17) is 0 Å². The monoisotopic (exact) mass is 353 g/mol. The van der Waals surface area contributed by atoms with Crippen molar-refractivity contribution in [2.24, 2.45) is 0 Å². The van der Waals surface area contributed by atoms with Crippen molar-refractivity contribution in [3.63, 3.8) is 0 Å². The van der Waals surface area contributed by atoms with E-state index >= 15 is 0 Å². The summed E-state index contributed by atoms with van der Waals surface area (Å²) >= 11 is 1.38. The Labute approximate surface area is 142 Å². The van der Waals surface area contributed by atoms with E-state index in [1.807, 2.05) is 24.7 Å². The molecule has 126 valence electrons. The molecule has 1 aliphatic heterocycles. The second-order valence-electron chi connectivity index (χ2n) is 6.05. The van der Waals surface area contributed by atoms with Crippen molar-refractivity contribution < 1.29 is 8.42 Å². The lowest BCUT2D eigenvalue weighted by Crippen LogP contribution is -2.37. The van der Waals surface area contributed by atoms with E-state index in [2.05, 4.69) is 18.1 Å². The van der Waals surface area contributed by atoms with Crippen LogP contribution in [0.25, 0.3) is 0 Å². The van der Waals surface area contributed by atoms with E-state index < -0.39 is 10.0 Å². The van der Waals surface area contributed by atoms with Crippen LogP contribution in [0.1, 0.15) is 41.8 Å². The van der Waals surface area contributed by atoms with Crippen molar-refractivity contribution in [1.29, 1.82) is 0 Å². The summed E-state index contributed by atoms with van der Waals surface area (Å²) in [7, 11) is -3.34. The Balaban J connectivity index is 1.73. The Hall–Kier alpha value is -1.18. The molecule has 0 saturated carbocycles. The van der Waals surface area contributed by atoms with Gasteiger partial charge >= 0.3 is 0 Å². The summed E-state index contributed by atoms with van der Waals surface area (Å²) in [4.78, 5) is 1.07. The molecule has 0 spiro atoms. The topological polar surface area (TPSA) is 55.2 Å². The van der Waals surface area contributed by atoms with Crippen LogP contribution in [0.2, 0.25) is 0 Å².